The number of hydrogen-bond acceptors (Lipinski definition) is 4. The van der Waals surface area contributed by atoms with Gasteiger partial charge in [0.15, 0.2) is 0 Å². The number of rotatable bonds is 11. The second-order valence-electron chi connectivity index (χ2n) is 7.04. The highest BCUT2D eigenvalue weighted by Gasteiger charge is 2.07. The van der Waals surface area contributed by atoms with Crippen molar-refractivity contribution in [2.45, 2.75) is 44.9 Å². The summed E-state index contributed by atoms with van der Waals surface area (Å²) in [7, 11) is 0. The molecule has 3 rings (SSSR count). The van der Waals surface area contributed by atoms with Gasteiger partial charge in [0.25, 0.3) is 5.91 Å². The highest BCUT2D eigenvalue weighted by atomic mass is 16.1. The fraction of sp³-hybridized carbons (Fsp3) is 0.348. The van der Waals surface area contributed by atoms with Crippen LogP contribution >= 0.6 is 0 Å². The van der Waals surface area contributed by atoms with Gasteiger partial charge < -0.3 is 11.1 Å². The van der Waals surface area contributed by atoms with Gasteiger partial charge in [0.1, 0.15) is 0 Å². The number of nitrogens with zero attached hydrogens (tertiary/aromatic N) is 2. The number of carbonyl (C=O) groups is 1. The van der Waals surface area contributed by atoms with Gasteiger partial charge in [-0.25, -0.2) is 0 Å². The number of para-hydroxylation sites is 1. The van der Waals surface area contributed by atoms with Crippen LogP contribution in [0.4, 0.5) is 5.69 Å². The number of anilines is 1. The molecule has 5 nitrogen and oxygen atoms in total. The van der Waals surface area contributed by atoms with Crippen LogP contribution in [0.5, 0.6) is 0 Å². The maximum Gasteiger partial charge on any atom is 0.250 e. The van der Waals surface area contributed by atoms with Crippen molar-refractivity contribution in [3.05, 3.63) is 66.1 Å². The molecule has 2 aromatic heterocycles. The fourth-order valence-corrected chi connectivity index (χ4v) is 3.46. The van der Waals surface area contributed by atoms with E-state index in [-0.39, 0.29) is 0 Å². The summed E-state index contributed by atoms with van der Waals surface area (Å²) < 4.78 is 0. The van der Waals surface area contributed by atoms with E-state index in [9.17, 15) is 4.79 Å². The molecular formula is C23H28N4O. The van der Waals surface area contributed by atoms with Gasteiger partial charge in [-0.3, -0.25) is 14.8 Å². The number of fused-ring (bicyclic) bond motifs is 1. The molecule has 3 aromatic rings. The van der Waals surface area contributed by atoms with E-state index in [1.54, 1.807) is 18.3 Å². The average molecular weight is 377 g/mol. The molecule has 0 spiro atoms. The summed E-state index contributed by atoms with van der Waals surface area (Å²) in [6.07, 6.45) is 11.4. The lowest BCUT2D eigenvalue weighted by Crippen LogP contribution is -2.14. The molecule has 0 fully saturated rings. The number of hydrogen-bond donors (Lipinski definition) is 2. The van der Waals surface area contributed by atoms with Gasteiger partial charge in [-0.2, -0.15) is 0 Å². The molecule has 3 N–H and O–H groups in total. The third kappa shape index (κ3) is 5.52. The normalized spacial score (nSPS) is 10.9. The largest absolute Gasteiger partial charge is 0.384 e. The molecular weight excluding hydrogens is 348 g/mol. The first-order valence-electron chi connectivity index (χ1n) is 10.1. The monoisotopic (exact) mass is 376 g/mol. The molecule has 0 atom stereocenters. The standard InChI is InChI=1S/C23H28N4O/c24-23(28)19-11-9-16-26-21(19)12-5-3-1-2-4-8-15-25-22-14-17-27-20-13-7-6-10-18(20)22/h6-7,9-11,13-14,16-17H,1-5,8,12,15H2,(H2,24,28)(H,25,27). The van der Waals surface area contributed by atoms with Crippen LogP contribution in [0.1, 0.15) is 54.6 Å². The van der Waals surface area contributed by atoms with Gasteiger partial charge in [-0.15, -0.1) is 0 Å². The highest BCUT2D eigenvalue weighted by molar-refractivity contribution is 5.93. The predicted octanol–water partition coefficient (Wildman–Crippen LogP) is 4.72. The van der Waals surface area contributed by atoms with Crippen molar-refractivity contribution in [3.63, 3.8) is 0 Å². The Hall–Kier alpha value is -2.95. The average Bonchev–Trinajstić information content (AvgIpc) is 2.73. The Balaban J connectivity index is 1.29. The number of benzene rings is 1. The van der Waals surface area contributed by atoms with Crippen molar-refractivity contribution in [3.8, 4) is 0 Å². The summed E-state index contributed by atoms with van der Waals surface area (Å²) in [4.78, 5) is 20.1. The van der Waals surface area contributed by atoms with E-state index >= 15 is 0 Å². The summed E-state index contributed by atoms with van der Waals surface area (Å²) in [5.41, 5.74) is 8.96. The number of carbonyl (C=O) groups excluding carboxylic acids is 1. The predicted molar refractivity (Wildman–Crippen MR) is 114 cm³/mol. The van der Waals surface area contributed by atoms with Crippen LogP contribution in [-0.4, -0.2) is 22.4 Å². The SMILES string of the molecule is NC(=O)c1cccnc1CCCCCCCCNc1ccnc2ccccc12. The minimum absolute atomic E-state index is 0.391. The van der Waals surface area contributed by atoms with E-state index in [1.165, 1.54) is 24.6 Å². The van der Waals surface area contributed by atoms with Crippen molar-refractivity contribution < 1.29 is 4.79 Å². The number of unbranched alkanes of at least 4 members (excludes halogenated alkanes) is 5. The van der Waals surface area contributed by atoms with Crippen LogP contribution < -0.4 is 11.1 Å². The third-order valence-corrected chi connectivity index (χ3v) is 4.96. The number of primary amides is 1. The Morgan fingerprint density at radius 2 is 1.64 bits per heavy atom. The van der Waals surface area contributed by atoms with Crippen molar-refractivity contribution in [1.82, 2.24) is 9.97 Å². The maximum atomic E-state index is 11.4. The Kier molecular flexibility index (Phi) is 7.36. The topological polar surface area (TPSA) is 80.9 Å². The second kappa shape index (κ2) is 10.4. The van der Waals surface area contributed by atoms with E-state index in [2.05, 4.69) is 21.4 Å². The van der Waals surface area contributed by atoms with Crippen molar-refractivity contribution >= 4 is 22.5 Å². The molecule has 146 valence electrons. The molecule has 0 aliphatic rings. The van der Waals surface area contributed by atoms with E-state index in [0.29, 0.717) is 5.56 Å². The van der Waals surface area contributed by atoms with Crippen LogP contribution in [-0.2, 0) is 6.42 Å². The Morgan fingerprint density at radius 3 is 2.50 bits per heavy atom. The van der Waals surface area contributed by atoms with Crippen LogP contribution in [0.25, 0.3) is 10.9 Å². The molecule has 0 bridgehead atoms. The summed E-state index contributed by atoms with van der Waals surface area (Å²) in [5, 5.41) is 4.71. The van der Waals surface area contributed by atoms with E-state index < -0.39 is 5.91 Å². The quantitative estimate of drug-likeness (QED) is 0.474. The molecule has 0 aliphatic carbocycles. The molecule has 2 heterocycles. The first-order valence-corrected chi connectivity index (χ1v) is 10.1. The van der Waals surface area contributed by atoms with Gasteiger partial charge in [-0.1, -0.05) is 43.9 Å². The van der Waals surface area contributed by atoms with Crippen LogP contribution in [0.2, 0.25) is 0 Å². The first-order chi connectivity index (χ1) is 13.8. The molecule has 5 heteroatoms. The van der Waals surface area contributed by atoms with E-state index in [4.69, 9.17) is 5.73 Å². The summed E-state index contributed by atoms with van der Waals surface area (Å²) in [5.74, 6) is -0.391. The van der Waals surface area contributed by atoms with Gasteiger partial charge in [0, 0.05) is 30.0 Å². The third-order valence-electron chi connectivity index (χ3n) is 4.96. The zero-order valence-electron chi connectivity index (χ0n) is 16.2. The lowest BCUT2D eigenvalue weighted by atomic mass is 10.0. The van der Waals surface area contributed by atoms with Gasteiger partial charge in [0.2, 0.25) is 0 Å². The summed E-state index contributed by atoms with van der Waals surface area (Å²) >= 11 is 0. The lowest BCUT2D eigenvalue weighted by molar-refractivity contribution is 0.0999. The zero-order chi connectivity index (χ0) is 19.6. The number of nitrogens with two attached hydrogens (primary N) is 1. The molecule has 0 aliphatic heterocycles. The Labute approximate surface area is 166 Å². The summed E-state index contributed by atoms with van der Waals surface area (Å²) in [6.45, 7) is 0.976. The Bertz CT molecular complexity index is 905. The summed E-state index contributed by atoms with van der Waals surface area (Å²) in [6, 6.07) is 13.8. The van der Waals surface area contributed by atoms with Crippen LogP contribution in [0.3, 0.4) is 0 Å². The van der Waals surface area contributed by atoms with Crippen LogP contribution in [0.15, 0.2) is 54.9 Å². The number of pyridine rings is 2. The number of nitrogens with one attached hydrogen (secondary N) is 1. The highest BCUT2D eigenvalue weighted by Crippen LogP contribution is 2.21. The van der Waals surface area contributed by atoms with Gasteiger partial charge in [0.05, 0.1) is 16.8 Å². The van der Waals surface area contributed by atoms with Crippen molar-refractivity contribution in [2.75, 3.05) is 11.9 Å². The molecule has 1 amide bonds. The van der Waals surface area contributed by atoms with Gasteiger partial charge in [-0.05, 0) is 43.5 Å². The number of aryl methyl sites for hydroxylation is 1. The van der Waals surface area contributed by atoms with Gasteiger partial charge >= 0.3 is 0 Å². The fourth-order valence-electron chi connectivity index (χ4n) is 3.46. The molecule has 1 aromatic carbocycles. The minimum atomic E-state index is -0.391. The zero-order valence-corrected chi connectivity index (χ0v) is 16.2. The minimum Gasteiger partial charge on any atom is -0.384 e. The van der Waals surface area contributed by atoms with E-state index in [1.807, 2.05) is 30.5 Å². The van der Waals surface area contributed by atoms with Crippen LogP contribution in [0, 0.1) is 0 Å². The van der Waals surface area contributed by atoms with Crippen molar-refractivity contribution in [1.29, 1.82) is 0 Å². The second-order valence-corrected chi connectivity index (χ2v) is 7.04. The van der Waals surface area contributed by atoms with E-state index in [0.717, 1.165) is 49.1 Å². The molecule has 0 radical (unpaired) electrons. The number of amides is 1. The molecule has 0 unspecified atom stereocenters. The number of aromatic nitrogens is 2. The molecule has 0 saturated carbocycles. The maximum absolute atomic E-state index is 11.4. The van der Waals surface area contributed by atoms with Crippen molar-refractivity contribution in [2.24, 2.45) is 5.73 Å². The Morgan fingerprint density at radius 1 is 0.857 bits per heavy atom. The first kappa shape index (κ1) is 19.8. The lowest BCUT2D eigenvalue weighted by Gasteiger charge is -2.09. The smallest absolute Gasteiger partial charge is 0.250 e. The molecule has 0 saturated heterocycles. The molecule has 28 heavy (non-hydrogen) atoms.